The summed E-state index contributed by atoms with van der Waals surface area (Å²) in [5.74, 6) is -0.683. The van der Waals surface area contributed by atoms with Crippen molar-refractivity contribution >= 4 is 23.5 Å². The molecule has 0 saturated carbocycles. The van der Waals surface area contributed by atoms with Gasteiger partial charge in [0.15, 0.2) is 5.78 Å². The predicted molar refractivity (Wildman–Crippen MR) is 200 cm³/mol. The number of allylic oxidation sites excluding steroid dienone is 4. The van der Waals surface area contributed by atoms with E-state index in [0.717, 1.165) is 34.3 Å². The van der Waals surface area contributed by atoms with Gasteiger partial charge in [-0.1, -0.05) is 129 Å². The monoisotopic (exact) mass is 673 g/mol. The number of carbonyl (C=O) groups excluding carboxylic acids is 4. The molecule has 0 fully saturated rings. The molecule has 0 aliphatic carbocycles. The van der Waals surface area contributed by atoms with Gasteiger partial charge in [-0.2, -0.15) is 0 Å². The Morgan fingerprint density at radius 3 is 2.22 bits per heavy atom. The number of ketones is 1. The number of nitrogens with one attached hydrogen (secondary N) is 2. The molecule has 2 unspecified atom stereocenters. The second-order valence-electron chi connectivity index (χ2n) is 13.1. The number of Topliss-reactive ketones (excluding diaryl/α,β-unsaturated/α-hetero) is 1. The zero-order chi connectivity index (χ0) is 35.9. The molecule has 1 heterocycles. The van der Waals surface area contributed by atoms with E-state index in [1.807, 2.05) is 81.5 Å². The van der Waals surface area contributed by atoms with E-state index in [1.165, 1.54) is 0 Å². The molecule has 3 atom stereocenters. The molecule has 0 bridgehead atoms. The van der Waals surface area contributed by atoms with Crippen LogP contribution in [0.15, 0.2) is 121 Å². The summed E-state index contributed by atoms with van der Waals surface area (Å²) in [6.07, 6.45) is 8.79. The highest BCUT2D eigenvalue weighted by atomic mass is 16.2. The number of rotatable bonds is 17. The summed E-state index contributed by atoms with van der Waals surface area (Å²) in [7, 11) is 0. The molecule has 0 aromatic heterocycles. The standard InChI is InChI=1S/C43H51N3O4/c1-5-6-24-37(31(2)3)38(33-18-9-7-10-19-33)29-45-42(49)32(4)17-15-16-27-44-43(50)39-28-35-22-13-14-23-36(35)30-46(39)41(48)26-25-40(47)34-20-11-8-12-21-34/h5-14,18-24,32,38-39H,2,15-17,25-30H2,1,3-4H3,(H,44,50)(H,45,49)/b6-5-,37-24+/t32?,38?,39-/m0/s1. The molecule has 262 valence electrons. The van der Waals surface area contributed by atoms with Gasteiger partial charge >= 0.3 is 0 Å². The smallest absolute Gasteiger partial charge is 0.243 e. The van der Waals surface area contributed by atoms with Crippen molar-refractivity contribution in [1.29, 1.82) is 0 Å². The van der Waals surface area contributed by atoms with Crippen LogP contribution in [-0.4, -0.2) is 47.5 Å². The van der Waals surface area contributed by atoms with E-state index in [1.54, 1.807) is 29.2 Å². The Kier molecular flexibility index (Phi) is 14.5. The summed E-state index contributed by atoms with van der Waals surface area (Å²) in [4.78, 5) is 54.3. The van der Waals surface area contributed by atoms with Crippen molar-refractivity contribution in [2.24, 2.45) is 5.92 Å². The Morgan fingerprint density at radius 1 is 0.880 bits per heavy atom. The lowest BCUT2D eigenvalue weighted by atomic mass is 9.86. The maximum Gasteiger partial charge on any atom is 0.243 e. The molecule has 1 aliphatic rings. The number of benzene rings is 3. The van der Waals surface area contributed by atoms with Crippen LogP contribution in [0.3, 0.4) is 0 Å². The van der Waals surface area contributed by atoms with Crippen molar-refractivity contribution in [3.8, 4) is 0 Å². The van der Waals surface area contributed by atoms with Crippen molar-refractivity contribution in [1.82, 2.24) is 15.5 Å². The largest absolute Gasteiger partial charge is 0.355 e. The summed E-state index contributed by atoms with van der Waals surface area (Å²) in [5.41, 5.74) is 5.82. The van der Waals surface area contributed by atoms with E-state index in [9.17, 15) is 19.2 Å². The minimum atomic E-state index is -0.641. The first-order chi connectivity index (χ1) is 24.2. The Hall–Kier alpha value is -5.04. The van der Waals surface area contributed by atoms with Crippen LogP contribution < -0.4 is 10.6 Å². The van der Waals surface area contributed by atoms with Gasteiger partial charge in [0.25, 0.3) is 0 Å². The van der Waals surface area contributed by atoms with Gasteiger partial charge in [0, 0.05) is 56.3 Å². The molecule has 0 spiro atoms. The minimum Gasteiger partial charge on any atom is -0.355 e. The zero-order valence-electron chi connectivity index (χ0n) is 29.7. The maximum atomic E-state index is 13.5. The third-order valence-electron chi connectivity index (χ3n) is 9.36. The summed E-state index contributed by atoms with van der Waals surface area (Å²) >= 11 is 0. The van der Waals surface area contributed by atoms with E-state index < -0.39 is 6.04 Å². The molecule has 1 aliphatic heterocycles. The Morgan fingerprint density at radius 2 is 1.54 bits per heavy atom. The van der Waals surface area contributed by atoms with Gasteiger partial charge in [-0.15, -0.1) is 0 Å². The maximum absolute atomic E-state index is 13.5. The van der Waals surface area contributed by atoms with Crippen LogP contribution in [0.2, 0.25) is 0 Å². The Labute approximate surface area is 297 Å². The first-order valence-electron chi connectivity index (χ1n) is 17.7. The summed E-state index contributed by atoms with van der Waals surface area (Å²) in [6, 6.07) is 26.3. The Bertz CT molecular complexity index is 1680. The van der Waals surface area contributed by atoms with Crippen LogP contribution in [0, 0.1) is 5.92 Å². The predicted octanol–water partition coefficient (Wildman–Crippen LogP) is 7.50. The van der Waals surface area contributed by atoms with Gasteiger partial charge in [0.2, 0.25) is 17.7 Å². The number of hydrogen-bond acceptors (Lipinski definition) is 4. The second-order valence-corrected chi connectivity index (χ2v) is 13.1. The van der Waals surface area contributed by atoms with Gasteiger partial charge in [-0.05, 0) is 49.0 Å². The lowest BCUT2D eigenvalue weighted by molar-refractivity contribution is -0.141. The highest BCUT2D eigenvalue weighted by molar-refractivity contribution is 5.98. The SMILES string of the molecule is C=C(C)/C(=C\C=C/C)C(CNC(=O)C(C)CCCCNC(=O)[C@@H]1Cc2ccccc2CN1C(=O)CCC(=O)c1ccccc1)c1ccccc1. The van der Waals surface area contributed by atoms with Crippen LogP contribution in [0.25, 0.3) is 0 Å². The van der Waals surface area contributed by atoms with Gasteiger partial charge < -0.3 is 15.5 Å². The number of amides is 3. The summed E-state index contributed by atoms with van der Waals surface area (Å²) < 4.78 is 0. The molecule has 3 aromatic carbocycles. The first-order valence-corrected chi connectivity index (χ1v) is 17.7. The number of hydrogen-bond donors (Lipinski definition) is 2. The number of carbonyl (C=O) groups is 4. The fourth-order valence-corrected chi connectivity index (χ4v) is 6.41. The van der Waals surface area contributed by atoms with E-state index in [0.29, 0.717) is 44.5 Å². The Balaban J connectivity index is 1.27. The molecule has 2 N–H and O–H groups in total. The van der Waals surface area contributed by atoms with Gasteiger partial charge in [0.1, 0.15) is 6.04 Å². The summed E-state index contributed by atoms with van der Waals surface area (Å²) in [6.45, 7) is 11.4. The first kappa shape index (κ1) is 37.8. The molecule has 4 rings (SSSR count). The molecule has 7 heteroatoms. The van der Waals surface area contributed by atoms with E-state index in [-0.39, 0.29) is 48.2 Å². The zero-order valence-corrected chi connectivity index (χ0v) is 29.7. The lowest BCUT2D eigenvalue weighted by Gasteiger charge is -2.36. The number of nitrogens with zero attached hydrogens (tertiary/aromatic N) is 1. The van der Waals surface area contributed by atoms with E-state index >= 15 is 0 Å². The third kappa shape index (κ3) is 10.7. The second kappa shape index (κ2) is 19.2. The van der Waals surface area contributed by atoms with Gasteiger partial charge in [0.05, 0.1) is 0 Å². The van der Waals surface area contributed by atoms with Crippen molar-refractivity contribution in [2.45, 2.75) is 77.8 Å². The van der Waals surface area contributed by atoms with Crippen LogP contribution in [0.4, 0.5) is 0 Å². The molecule has 0 radical (unpaired) electrons. The van der Waals surface area contributed by atoms with E-state index in [4.69, 9.17) is 0 Å². The van der Waals surface area contributed by atoms with Crippen LogP contribution >= 0.6 is 0 Å². The minimum absolute atomic E-state index is 0.00263. The lowest BCUT2D eigenvalue weighted by Crippen LogP contribution is -2.52. The quantitative estimate of drug-likeness (QED) is 0.0882. The summed E-state index contributed by atoms with van der Waals surface area (Å²) in [5, 5.41) is 6.21. The molecule has 3 aromatic rings. The average molecular weight is 674 g/mol. The molecular formula is C43H51N3O4. The molecule has 7 nitrogen and oxygen atoms in total. The van der Waals surface area contributed by atoms with Crippen molar-refractivity contribution in [3.63, 3.8) is 0 Å². The fraction of sp³-hybridized carbons (Fsp3) is 0.349. The third-order valence-corrected chi connectivity index (χ3v) is 9.36. The van der Waals surface area contributed by atoms with Crippen molar-refractivity contribution in [2.75, 3.05) is 13.1 Å². The molecule has 3 amide bonds. The van der Waals surface area contributed by atoms with Crippen molar-refractivity contribution < 1.29 is 19.2 Å². The van der Waals surface area contributed by atoms with E-state index in [2.05, 4.69) is 35.4 Å². The molecular weight excluding hydrogens is 622 g/mol. The highest BCUT2D eigenvalue weighted by Crippen LogP contribution is 2.29. The van der Waals surface area contributed by atoms with Crippen LogP contribution in [0.1, 0.15) is 85.8 Å². The van der Waals surface area contributed by atoms with Gasteiger partial charge in [-0.3, -0.25) is 19.2 Å². The molecule has 0 saturated heterocycles. The van der Waals surface area contributed by atoms with Crippen LogP contribution in [0.5, 0.6) is 0 Å². The fourth-order valence-electron chi connectivity index (χ4n) is 6.41. The topological polar surface area (TPSA) is 95.6 Å². The normalized spacial score (nSPS) is 15.5. The number of fused-ring (bicyclic) bond motifs is 1. The number of unbranched alkanes of at least 4 members (excludes halogenated alkanes) is 1. The van der Waals surface area contributed by atoms with Crippen molar-refractivity contribution in [3.05, 3.63) is 143 Å². The average Bonchev–Trinajstić information content (AvgIpc) is 3.14. The van der Waals surface area contributed by atoms with Crippen LogP contribution in [-0.2, 0) is 27.3 Å². The highest BCUT2D eigenvalue weighted by Gasteiger charge is 2.34. The molecule has 50 heavy (non-hydrogen) atoms. The van der Waals surface area contributed by atoms with Gasteiger partial charge in [-0.25, -0.2) is 0 Å².